The first-order chi connectivity index (χ1) is 17.4. The van der Waals surface area contributed by atoms with Crippen LogP contribution in [-0.4, -0.2) is 50.7 Å². The van der Waals surface area contributed by atoms with Crippen LogP contribution < -0.4 is 5.32 Å². The van der Waals surface area contributed by atoms with Crippen LogP contribution in [0.5, 0.6) is 0 Å². The van der Waals surface area contributed by atoms with E-state index in [-0.39, 0.29) is 23.2 Å². The van der Waals surface area contributed by atoms with Gasteiger partial charge in [-0.3, -0.25) is 24.7 Å². The third-order valence-corrected chi connectivity index (χ3v) is 9.83. The van der Waals surface area contributed by atoms with E-state index in [4.69, 9.17) is 17.6 Å². The average molecular weight is 522 g/mol. The number of likely N-dealkylation sites (tertiary alicyclic amines) is 1. The zero-order valence-corrected chi connectivity index (χ0v) is 22.4. The summed E-state index contributed by atoms with van der Waals surface area (Å²) in [6.07, 6.45) is 4.88. The highest BCUT2D eigenvalue weighted by molar-refractivity contribution is 7.80. The van der Waals surface area contributed by atoms with E-state index in [1.165, 1.54) is 38.2 Å². The second-order valence-electron chi connectivity index (χ2n) is 10.3. The van der Waals surface area contributed by atoms with Crippen LogP contribution >= 0.6 is 24.0 Å². The van der Waals surface area contributed by atoms with E-state index in [2.05, 4.69) is 52.1 Å². The van der Waals surface area contributed by atoms with Crippen molar-refractivity contribution in [2.75, 3.05) is 13.1 Å². The molecule has 6 rings (SSSR count). The second kappa shape index (κ2) is 9.52. The lowest BCUT2D eigenvalue weighted by Gasteiger charge is -2.32. The van der Waals surface area contributed by atoms with Crippen molar-refractivity contribution < 1.29 is 9.59 Å². The second-order valence-corrected chi connectivity index (χ2v) is 12.0. The van der Waals surface area contributed by atoms with Crippen LogP contribution in [0.1, 0.15) is 69.8 Å². The van der Waals surface area contributed by atoms with Gasteiger partial charge in [0.05, 0.1) is 17.1 Å². The molecule has 3 aromatic rings. The molecule has 3 aliphatic heterocycles. The molecule has 3 aliphatic rings. The van der Waals surface area contributed by atoms with Crippen LogP contribution in [0.4, 0.5) is 0 Å². The van der Waals surface area contributed by atoms with Crippen molar-refractivity contribution in [3.63, 3.8) is 0 Å². The van der Waals surface area contributed by atoms with E-state index in [1.54, 1.807) is 17.7 Å². The number of imide groups is 1. The van der Waals surface area contributed by atoms with Crippen LogP contribution in [0.3, 0.4) is 0 Å². The minimum Gasteiger partial charge on any atom is -0.299 e. The molecule has 1 N–H and O–H groups in total. The molecule has 5 heterocycles. The molecule has 0 bridgehead atoms. The summed E-state index contributed by atoms with van der Waals surface area (Å²) in [5, 5.41) is 3.64. The topological polar surface area (TPSA) is 78.4 Å². The Morgan fingerprint density at radius 3 is 2.72 bits per heavy atom. The SMILES string of the molecule is Cc1sc2ncnc(C3CCN(Cc4ccc5c(c4)CN(C4CCC(=O)NC4=O)C5S)CC3)c2c1C. The first kappa shape index (κ1) is 24.0. The summed E-state index contributed by atoms with van der Waals surface area (Å²) in [7, 11) is 0. The van der Waals surface area contributed by atoms with E-state index in [0.29, 0.717) is 25.3 Å². The average Bonchev–Trinajstić information content (AvgIpc) is 3.35. The molecule has 1 aromatic carbocycles. The maximum atomic E-state index is 12.4. The van der Waals surface area contributed by atoms with Crippen molar-refractivity contribution in [3.8, 4) is 0 Å². The van der Waals surface area contributed by atoms with Crippen LogP contribution in [0.25, 0.3) is 10.2 Å². The normalized spacial score (nSPS) is 23.9. The number of nitrogens with zero attached hydrogens (tertiary/aromatic N) is 4. The quantitative estimate of drug-likeness (QED) is 0.395. The molecular weight excluding hydrogens is 490 g/mol. The van der Waals surface area contributed by atoms with Crippen molar-refractivity contribution in [2.45, 2.75) is 70.0 Å². The number of aryl methyl sites for hydroxylation is 2. The standard InChI is InChI=1S/C27H31N5O2S2/c1-15-16(2)36-26-23(15)24(28-14-29-26)18-7-9-31(10-8-18)12-17-3-4-20-19(11-17)13-32(27(20)35)21-5-6-22(33)30-25(21)34/h3-4,11,14,18,21,27,35H,5-10,12-13H2,1-2H3,(H,30,33,34). The molecule has 2 amide bonds. The third kappa shape index (κ3) is 4.26. The molecule has 36 heavy (non-hydrogen) atoms. The van der Waals surface area contributed by atoms with Gasteiger partial charge in [0.25, 0.3) is 0 Å². The molecule has 2 aromatic heterocycles. The lowest BCUT2D eigenvalue weighted by molar-refractivity contribution is -0.137. The molecule has 0 saturated carbocycles. The number of piperidine rings is 2. The predicted octanol–water partition coefficient (Wildman–Crippen LogP) is 4.24. The van der Waals surface area contributed by atoms with Crippen LogP contribution in [-0.2, 0) is 22.7 Å². The first-order valence-electron chi connectivity index (χ1n) is 12.7. The Morgan fingerprint density at radius 1 is 1.14 bits per heavy atom. The number of rotatable bonds is 4. The monoisotopic (exact) mass is 521 g/mol. The minimum atomic E-state index is -0.302. The summed E-state index contributed by atoms with van der Waals surface area (Å²) >= 11 is 6.60. The van der Waals surface area contributed by atoms with Crippen LogP contribution in [0, 0.1) is 13.8 Å². The number of hydrogen-bond acceptors (Lipinski definition) is 8. The van der Waals surface area contributed by atoms with Crippen molar-refractivity contribution in [3.05, 3.63) is 57.4 Å². The largest absolute Gasteiger partial charge is 0.299 e. The van der Waals surface area contributed by atoms with Gasteiger partial charge in [0.1, 0.15) is 11.2 Å². The molecule has 7 nitrogen and oxygen atoms in total. The van der Waals surface area contributed by atoms with E-state index in [1.807, 2.05) is 0 Å². The highest BCUT2D eigenvalue weighted by atomic mass is 32.1. The number of nitrogens with one attached hydrogen (secondary N) is 1. The first-order valence-corrected chi connectivity index (χ1v) is 14.0. The third-order valence-electron chi connectivity index (χ3n) is 8.14. The number of fused-ring (bicyclic) bond motifs is 2. The zero-order valence-electron chi connectivity index (χ0n) is 20.7. The van der Waals surface area contributed by atoms with Crippen molar-refractivity contribution in [1.29, 1.82) is 0 Å². The highest BCUT2D eigenvalue weighted by Crippen LogP contribution is 2.40. The van der Waals surface area contributed by atoms with Gasteiger partial charge in [0, 0.05) is 35.7 Å². The minimum absolute atomic E-state index is 0.123. The fraction of sp³-hybridized carbons (Fsp3) is 0.481. The maximum absolute atomic E-state index is 12.4. The summed E-state index contributed by atoms with van der Waals surface area (Å²) in [6, 6.07) is 6.35. The number of aromatic nitrogens is 2. The van der Waals surface area contributed by atoms with Gasteiger partial charge >= 0.3 is 0 Å². The Bertz CT molecular complexity index is 1350. The fourth-order valence-corrected chi connectivity index (χ4v) is 7.53. The predicted molar refractivity (Wildman–Crippen MR) is 144 cm³/mol. The van der Waals surface area contributed by atoms with Gasteiger partial charge in [0.15, 0.2) is 0 Å². The van der Waals surface area contributed by atoms with Gasteiger partial charge in [-0.05, 0) is 68.5 Å². The van der Waals surface area contributed by atoms with Gasteiger partial charge < -0.3 is 0 Å². The number of hydrogen-bond donors (Lipinski definition) is 2. The summed E-state index contributed by atoms with van der Waals surface area (Å²) in [6.45, 7) is 8.08. The molecule has 2 fully saturated rings. The number of carbonyl (C=O) groups excluding carboxylic acids is 2. The number of benzene rings is 1. The Morgan fingerprint density at radius 2 is 1.94 bits per heavy atom. The van der Waals surface area contributed by atoms with Crippen LogP contribution in [0.15, 0.2) is 24.5 Å². The lowest BCUT2D eigenvalue weighted by Crippen LogP contribution is -2.51. The Kier molecular flexibility index (Phi) is 6.35. The summed E-state index contributed by atoms with van der Waals surface area (Å²) in [5.74, 6) is 0.0980. The zero-order chi connectivity index (χ0) is 25.0. The molecule has 0 radical (unpaired) electrons. The molecule has 2 atom stereocenters. The number of carbonyl (C=O) groups is 2. The molecule has 0 spiro atoms. The van der Waals surface area contributed by atoms with E-state index < -0.39 is 0 Å². The molecule has 2 saturated heterocycles. The molecule has 9 heteroatoms. The van der Waals surface area contributed by atoms with E-state index in [0.717, 1.165) is 37.3 Å². The van der Waals surface area contributed by atoms with Gasteiger partial charge in [-0.25, -0.2) is 9.97 Å². The van der Waals surface area contributed by atoms with Crippen molar-refractivity contribution in [1.82, 2.24) is 25.1 Å². The van der Waals surface area contributed by atoms with E-state index in [9.17, 15) is 9.59 Å². The maximum Gasteiger partial charge on any atom is 0.243 e. The number of thiophene rings is 1. The molecule has 0 aliphatic carbocycles. The molecule has 188 valence electrons. The fourth-order valence-electron chi connectivity index (χ4n) is 6.03. The molecular formula is C27H31N5O2S2. The van der Waals surface area contributed by atoms with Gasteiger partial charge in [-0.2, -0.15) is 12.6 Å². The van der Waals surface area contributed by atoms with Crippen molar-refractivity contribution in [2.24, 2.45) is 0 Å². The Balaban J connectivity index is 1.11. The highest BCUT2D eigenvalue weighted by Gasteiger charge is 2.39. The van der Waals surface area contributed by atoms with Gasteiger partial charge in [0.2, 0.25) is 11.8 Å². The Labute approximate surface area is 220 Å². The van der Waals surface area contributed by atoms with Crippen LogP contribution in [0.2, 0.25) is 0 Å². The Hall–Kier alpha value is -2.33. The molecule has 2 unspecified atom stereocenters. The number of amides is 2. The van der Waals surface area contributed by atoms with Gasteiger partial charge in [-0.15, -0.1) is 11.3 Å². The summed E-state index contributed by atoms with van der Waals surface area (Å²) in [5.41, 5.74) is 6.26. The smallest absolute Gasteiger partial charge is 0.243 e. The van der Waals surface area contributed by atoms with E-state index >= 15 is 0 Å². The van der Waals surface area contributed by atoms with Gasteiger partial charge in [-0.1, -0.05) is 18.2 Å². The summed E-state index contributed by atoms with van der Waals surface area (Å²) < 4.78 is 0. The lowest BCUT2D eigenvalue weighted by atomic mass is 9.90. The number of thiol groups is 1. The summed E-state index contributed by atoms with van der Waals surface area (Å²) in [4.78, 5) is 40.3. The van der Waals surface area contributed by atoms with Crippen molar-refractivity contribution >= 4 is 46.0 Å².